The standard InChI is InChI=1S/C17H25N5/c1-3-20-8-10-21(11-9-20)13-15-12-19-22(17(15)18)16-7-5-4-6-14(16)2/h4-7,12H,3,8-11,13,18H2,1-2H3. The number of nitrogen functional groups attached to an aromatic ring is 1. The lowest BCUT2D eigenvalue weighted by Gasteiger charge is -2.33. The van der Waals surface area contributed by atoms with Gasteiger partial charge in [-0.2, -0.15) is 5.10 Å². The molecule has 0 saturated carbocycles. The van der Waals surface area contributed by atoms with E-state index in [2.05, 4.69) is 40.9 Å². The van der Waals surface area contributed by atoms with E-state index in [1.54, 1.807) is 0 Å². The smallest absolute Gasteiger partial charge is 0.131 e. The van der Waals surface area contributed by atoms with Crippen molar-refractivity contribution in [3.63, 3.8) is 0 Å². The van der Waals surface area contributed by atoms with E-state index < -0.39 is 0 Å². The van der Waals surface area contributed by atoms with E-state index in [4.69, 9.17) is 5.73 Å². The molecule has 1 saturated heterocycles. The van der Waals surface area contributed by atoms with Crippen molar-refractivity contribution in [2.24, 2.45) is 0 Å². The second-order valence-electron chi connectivity index (χ2n) is 5.96. The molecule has 2 N–H and O–H groups in total. The van der Waals surface area contributed by atoms with Gasteiger partial charge in [0.05, 0.1) is 11.9 Å². The number of hydrogen-bond donors (Lipinski definition) is 1. The summed E-state index contributed by atoms with van der Waals surface area (Å²) in [7, 11) is 0. The van der Waals surface area contributed by atoms with Gasteiger partial charge in [-0.3, -0.25) is 4.90 Å². The van der Waals surface area contributed by atoms with Crippen LogP contribution in [0.25, 0.3) is 5.69 Å². The summed E-state index contributed by atoms with van der Waals surface area (Å²) in [6.07, 6.45) is 1.91. The fraction of sp³-hybridized carbons (Fsp3) is 0.471. The highest BCUT2D eigenvalue weighted by molar-refractivity contribution is 5.49. The number of piperazine rings is 1. The molecular weight excluding hydrogens is 274 g/mol. The Hall–Kier alpha value is -1.85. The molecule has 1 aromatic heterocycles. The molecule has 1 aliphatic rings. The third-order valence-electron chi connectivity index (χ3n) is 4.54. The number of anilines is 1. The van der Waals surface area contributed by atoms with Gasteiger partial charge >= 0.3 is 0 Å². The lowest BCUT2D eigenvalue weighted by atomic mass is 10.2. The largest absolute Gasteiger partial charge is 0.383 e. The average molecular weight is 299 g/mol. The van der Waals surface area contributed by atoms with Gasteiger partial charge in [0, 0.05) is 38.3 Å². The van der Waals surface area contributed by atoms with Crippen LogP contribution >= 0.6 is 0 Å². The highest BCUT2D eigenvalue weighted by Gasteiger charge is 2.18. The van der Waals surface area contributed by atoms with E-state index in [-0.39, 0.29) is 0 Å². The highest BCUT2D eigenvalue weighted by atomic mass is 15.3. The number of nitrogens with zero attached hydrogens (tertiary/aromatic N) is 4. The van der Waals surface area contributed by atoms with Gasteiger partial charge in [-0.05, 0) is 25.1 Å². The molecule has 0 radical (unpaired) electrons. The Balaban J connectivity index is 1.73. The molecule has 3 rings (SSSR count). The minimum absolute atomic E-state index is 0.757. The summed E-state index contributed by atoms with van der Waals surface area (Å²) in [4.78, 5) is 4.94. The van der Waals surface area contributed by atoms with Crippen LogP contribution in [0.4, 0.5) is 5.82 Å². The zero-order valence-corrected chi connectivity index (χ0v) is 13.5. The van der Waals surface area contributed by atoms with E-state index in [9.17, 15) is 0 Å². The topological polar surface area (TPSA) is 50.3 Å². The maximum absolute atomic E-state index is 6.34. The Kier molecular flexibility index (Phi) is 4.45. The molecule has 0 atom stereocenters. The van der Waals surface area contributed by atoms with Gasteiger partial charge in [-0.25, -0.2) is 4.68 Å². The van der Waals surface area contributed by atoms with Gasteiger partial charge in [0.2, 0.25) is 0 Å². The molecule has 0 amide bonds. The molecule has 5 nitrogen and oxygen atoms in total. The number of likely N-dealkylation sites (N-methyl/N-ethyl adjacent to an activating group) is 1. The van der Waals surface area contributed by atoms with Crippen molar-refractivity contribution in [2.45, 2.75) is 20.4 Å². The van der Waals surface area contributed by atoms with Crippen molar-refractivity contribution in [1.82, 2.24) is 19.6 Å². The second-order valence-corrected chi connectivity index (χ2v) is 5.96. The third kappa shape index (κ3) is 3.00. The molecule has 5 heteroatoms. The first-order valence-corrected chi connectivity index (χ1v) is 8.02. The number of aryl methyl sites for hydroxylation is 1. The summed E-state index contributed by atoms with van der Waals surface area (Å²) in [6, 6.07) is 8.20. The van der Waals surface area contributed by atoms with Gasteiger partial charge in [0.25, 0.3) is 0 Å². The van der Waals surface area contributed by atoms with E-state index in [0.29, 0.717) is 0 Å². The van der Waals surface area contributed by atoms with Crippen molar-refractivity contribution in [3.05, 3.63) is 41.6 Å². The molecule has 1 aliphatic heterocycles. The zero-order valence-electron chi connectivity index (χ0n) is 13.5. The third-order valence-corrected chi connectivity index (χ3v) is 4.54. The molecule has 1 aromatic carbocycles. The lowest BCUT2D eigenvalue weighted by Crippen LogP contribution is -2.45. The van der Waals surface area contributed by atoms with Crippen LogP contribution in [-0.4, -0.2) is 52.3 Å². The van der Waals surface area contributed by atoms with Crippen LogP contribution in [0.15, 0.2) is 30.5 Å². The van der Waals surface area contributed by atoms with Gasteiger partial charge in [-0.1, -0.05) is 25.1 Å². The molecule has 22 heavy (non-hydrogen) atoms. The van der Waals surface area contributed by atoms with Crippen LogP contribution in [0.5, 0.6) is 0 Å². The first-order valence-electron chi connectivity index (χ1n) is 8.02. The first-order chi connectivity index (χ1) is 10.7. The van der Waals surface area contributed by atoms with E-state index in [1.807, 2.05) is 23.0 Å². The maximum Gasteiger partial charge on any atom is 0.131 e. The van der Waals surface area contributed by atoms with Crippen LogP contribution < -0.4 is 5.73 Å². The number of para-hydroxylation sites is 1. The van der Waals surface area contributed by atoms with Crippen molar-refractivity contribution in [1.29, 1.82) is 0 Å². The summed E-state index contributed by atoms with van der Waals surface area (Å²) in [5, 5.41) is 4.50. The molecule has 0 unspecified atom stereocenters. The minimum atomic E-state index is 0.757. The van der Waals surface area contributed by atoms with Gasteiger partial charge < -0.3 is 10.6 Å². The van der Waals surface area contributed by atoms with E-state index in [1.165, 1.54) is 5.56 Å². The number of rotatable bonds is 4. The average Bonchev–Trinajstić information content (AvgIpc) is 2.90. The second kappa shape index (κ2) is 6.50. The monoisotopic (exact) mass is 299 g/mol. The van der Waals surface area contributed by atoms with Gasteiger partial charge in [0.1, 0.15) is 5.82 Å². The molecule has 0 spiro atoms. The van der Waals surface area contributed by atoms with E-state index >= 15 is 0 Å². The van der Waals surface area contributed by atoms with Crippen molar-refractivity contribution in [2.75, 3.05) is 38.5 Å². The lowest BCUT2D eigenvalue weighted by molar-refractivity contribution is 0.132. The predicted molar refractivity (Wildman–Crippen MR) is 90.1 cm³/mol. The molecule has 2 heterocycles. The van der Waals surface area contributed by atoms with Crippen LogP contribution in [0.2, 0.25) is 0 Å². The van der Waals surface area contributed by atoms with Crippen LogP contribution in [0.3, 0.4) is 0 Å². The summed E-state index contributed by atoms with van der Waals surface area (Å²) in [5.41, 5.74) is 9.70. The molecule has 118 valence electrons. The van der Waals surface area contributed by atoms with Crippen LogP contribution in [-0.2, 0) is 6.54 Å². The Labute approximate surface area is 132 Å². The van der Waals surface area contributed by atoms with Crippen LogP contribution in [0.1, 0.15) is 18.1 Å². The van der Waals surface area contributed by atoms with Crippen molar-refractivity contribution in [3.8, 4) is 5.69 Å². The molecule has 2 aromatic rings. The quantitative estimate of drug-likeness (QED) is 0.937. The Morgan fingerprint density at radius 2 is 1.77 bits per heavy atom. The number of aromatic nitrogens is 2. The maximum atomic E-state index is 6.34. The Bertz CT molecular complexity index is 626. The van der Waals surface area contributed by atoms with E-state index in [0.717, 1.165) is 56.3 Å². The van der Waals surface area contributed by atoms with Gasteiger partial charge in [0.15, 0.2) is 0 Å². The fourth-order valence-corrected chi connectivity index (χ4v) is 3.01. The summed E-state index contributed by atoms with van der Waals surface area (Å²) < 4.78 is 1.85. The Morgan fingerprint density at radius 1 is 1.09 bits per heavy atom. The molecule has 0 bridgehead atoms. The first kappa shape index (κ1) is 15.1. The number of nitrogens with two attached hydrogens (primary N) is 1. The highest BCUT2D eigenvalue weighted by Crippen LogP contribution is 2.21. The minimum Gasteiger partial charge on any atom is -0.383 e. The SMILES string of the molecule is CCN1CCN(Cc2cnn(-c3ccccc3C)c2N)CC1. The van der Waals surface area contributed by atoms with Crippen molar-refractivity contribution < 1.29 is 0 Å². The van der Waals surface area contributed by atoms with Crippen molar-refractivity contribution >= 4 is 5.82 Å². The summed E-state index contributed by atoms with van der Waals surface area (Å²) >= 11 is 0. The van der Waals surface area contributed by atoms with Gasteiger partial charge in [-0.15, -0.1) is 0 Å². The number of benzene rings is 1. The van der Waals surface area contributed by atoms with Crippen LogP contribution in [0, 0.1) is 6.92 Å². The fourth-order valence-electron chi connectivity index (χ4n) is 3.01. The molecule has 1 fully saturated rings. The normalized spacial score (nSPS) is 17.0. The summed E-state index contributed by atoms with van der Waals surface area (Å²) in [6.45, 7) is 10.8. The molecular formula is C17H25N5. The zero-order chi connectivity index (χ0) is 15.5. The summed E-state index contributed by atoms with van der Waals surface area (Å²) in [5.74, 6) is 0.757. The molecule has 0 aliphatic carbocycles. The predicted octanol–water partition coefficient (Wildman–Crippen LogP) is 1.90. The number of hydrogen-bond acceptors (Lipinski definition) is 4. The Morgan fingerprint density at radius 3 is 2.45 bits per heavy atom.